The zero-order valence-electron chi connectivity index (χ0n) is 9.91. The van der Waals surface area contributed by atoms with Gasteiger partial charge in [-0.05, 0) is 62.2 Å². The van der Waals surface area contributed by atoms with E-state index in [0.717, 1.165) is 0 Å². The first-order valence-corrected chi connectivity index (χ1v) is 6.95. The Hall–Kier alpha value is -1.20. The monoisotopic (exact) mass is 386 g/mol. The molecule has 2 nitrogen and oxygen atoms in total. The summed E-state index contributed by atoms with van der Waals surface area (Å²) in [5.41, 5.74) is 0.415. The van der Waals surface area contributed by atoms with Crippen molar-refractivity contribution in [3.63, 3.8) is 0 Å². The minimum absolute atomic E-state index is 0.0274. The molecule has 0 aliphatic carbocycles. The highest BCUT2D eigenvalue weighted by molar-refractivity contribution is 9.10. The van der Waals surface area contributed by atoms with Crippen molar-refractivity contribution < 1.29 is 13.9 Å². The van der Waals surface area contributed by atoms with E-state index in [1.165, 1.54) is 13.2 Å². The van der Waals surface area contributed by atoms with Crippen LogP contribution in [0.3, 0.4) is 0 Å². The molecule has 0 fully saturated rings. The highest BCUT2D eigenvalue weighted by Gasteiger charge is 2.18. The lowest BCUT2D eigenvalue weighted by Gasteiger charge is -2.08. The molecule has 2 aromatic rings. The van der Waals surface area contributed by atoms with E-state index < -0.39 is 5.82 Å². The van der Waals surface area contributed by atoms with Crippen molar-refractivity contribution in [2.45, 2.75) is 0 Å². The smallest absolute Gasteiger partial charge is 0.197 e. The van der Waals surface area contributed by atoms with Gasteiger partial charge in [-0.3, -0.25) is 4.79 Å². The highest BCUT2D eigenvalue weighted by Crippen LogP contribution is 2.28. The van der Waals surface area contributed by atoms with E-state index in [9.17, 15) is 9.18 Å². The van der Waals surface area contributed by atoms with E-state index in [0.29, 0.717) is 20.3 Å². The van der Waals surface area contributed by atoms with E-state index in [1.807, 2.05) is 0 Å². The van der Waals surface area contributed by atoms with E-state index in [4.69, 9.17) is 4.74 Å². The van der Waals surface area contributed by atoms with Gasteiger partial charge >= 0.3 is 0 Å². The molecule has 0 saturated carbocycles. The number of carbonyl (C=O) groups excluding carboxylic acids is 1. The average Bonchev–Trinajstić information content (AvgIpc) is 2.38. The summed E-state index contributed by atoms with van der Waals surface area (Å²) < 4.78 is 19.9. The van der Waals surface area contributed by atoms with Crippen molar-refractivity contribution >= 4 is 37.6 Å². The molecular weight excluding hydrogens is 379 g/mol. The second-order valence-corrected chi connectivity index (χ2v) is 5.48. The maximum absolute atomic E-state index is 13.7. The maximum atomic E-state index is 13.7. The Morgan fingerprint density at radius 1 is 1.16 bits per heavy atom. The van der Waals surface area contributed by atoms with Crippen LogP contribution in [0.25, 0.3) is 0 Å². The quantitative estimate of drug-likeness (QED) is 0.720. The SMILES string of the molecule is COc1ccc(C(=O)c2c(F)cccc2Br)cc1Br. The van der Waals surface area contributed by atoms with E-state index in [1.54, 1.807) is 30.3 Å². The van der Waals surface area contributed by atoms with Gasteiger partial charge in [0.15, 0.2) is 5.78 Å². The topological polar surface area (TPSA) is 26.3 Å². The molecule has 0 unspecified atom stereocenters. The summed E-state index contributed by atoms with van der Waals surface area (Å²) in [7, 11) is 1.54. The molecule has 2 rings (SSSR count). The number of methoxy groups -OCH3 is 1. The predicted molar refractivity (Wildman–Crippen MR) is 78.2 cm³/mol. The fraction of sp³-hybridized carbons (Fsp3) is 0.0714. The van der Waals surface area contributed by atoms with Crippen LogP contribution in [0.5, 0.6) is 5.75 Å². The van der Waals surface area contributed by atoms with Gasteiger partial charge in [0.1, 0.15) is 11.6 Å². The van der Waals surface area contributed by atoms with E-state index in [-0.39, 0.29) is 11.3 Å². The lowest BCUT2D eigenvalue weighted by Crippen LogP contribution is -2.05. The molecule has 0 aliphatic rings. The van der Waals surface area contributed by atoms with Crippen LogP contribution in [0.15, 0.2) is 45.3 Å². The van der Waals surface area contributed by atoms with E-state index in [2.05, 4.69) is 31.9 Å². The molecule has 5 heteroatoms. The predicted octanol–water partition coefficient (Wildman–Crippen LogP) is 4.59. The van der Waals surface area contributed by atoms with Crippen molar-refractivity contribution in [1.82, 2.24) is 0 Å². The number of hydrogen-bond acceptors (Lipinski definition) is 2. The van der Waals surface area contributed by atoms with Crippen LogP contribution >= 0.6 is 31.9 Å². The van der Waals surface area contributed by atoms with Crippen LogP contribution in [0.4, 0.5) is 4.39 Å². The number of ketones is 1. The van der Waals surface area contributed by atoms with Gasteiger partial charge in [0.05, 0.1) is 17.1 Å². The zero-order chi connectivity index (χ0) is 14.0. The summed E-state index contributed by atoms with van der Waals surface area (Å²) in [6.45, 7) is 0. The molecule has 19 heavy (non-hydrogen) atoms. The van der Waals surface area contributed by atoms with E-state index >= 15 is 0 Å². The van der Waals surface area contributed by atoms with Gasteiger partial charge in [-0.15, -0.1) is 0 Å². The average molecular weight is 388 g/mol. The van der Waals surface area contributed by atoms with Crippen LogP contribution in [0, 0.1) is 5.82 Å². The number of carbonyl (C=O) groups is 1. The normalized spacial score (nSPS) is 10.3. The van der Waals surface area contributed by atoms with Gasteiger partial charge in [0, 0.05) is 10.0 Å². The molecule has 0 radical (unpaired) electrons. The minimum atomic E-state index is -0.550. The lowest BCUT2D eigenvalue weighted by molar-refractivity contribution is 0.103. The van der Waals surface area contributed by atoms with Crippen molar-refractivity contribution in [3.8, 4) is 5.75 Å². The van der Waals surface area contributed by atoms with Gasteiger partial charge in [-0.1, -0.05) is 6.07 Å². The lowest BCUT2D eigenvalue weighted by atomic mass is 10.0. The van der Waals surface area contributed by atoms with Crippen molar-refractivity contribution in [2.24, 2.45) is 0 Å². The highest BCUT2D eigenvalue weighted by atomic mass is 79.9. The first kappa shape index (κ1) is 14.2. The molecule has 98 valence electrons. The molecule has 0 N–H and O–H groups in total. The number of hydrogen-bond donors (Lipinski definition) is 0. The number of rotatable bonds is 3. The third-order valence-electron chi connectivity index (χ3n) is 2.60. The minimum Gasteiger partial charge on any atom is -0.496 e. The second kappa shape index (κ2) is 5.84. The standard InChI is InChI=1S/C14H9Br2FO2/c1-19-12-6-5-8(7-10(12)16)14(18)13-9(15)3-2-4-11(13)17/h2-7H,1H3. The Bertz CT molecular complexity index is 621. The fourth-order valence-electron chi connectivity index (χ4n) is 1.67. The van der Waals surface area contributed by atoms with Gasteiger partial charge in [0.2, 0.25) is 0 Å². The van der Waals surface area contributed by atoms with Gasteiger partial charge < -0.3 is 4.74 Å². The molecule has 0 saturated heterocycles. The van der Waals surface area contributed by atoms with Crippen LogP contribution in [0.2, 0.25) is 0 Å². The first-order chi connectivity index (χ1) is 9.04. The van der Waals surface area contributed by atoms with Gasteiger partial charge in [0.25, 0.3) is 0 Å². The third-order valence-corrected chi connectivity index (χ3v) is 3.88. The summed E-state index contributed by atoms with van der Waals surface area (Å²) in [5, 5.41) is 0. The number of halogens is 3. The Labute approximate surface area is 126 Å². The Kier molecular flexibility index (Phi) is 4.37. The first-order valence-electron chi connectivity index (χ1n) is 5.37. The summed E-state index contributed by atoms with van der Waals surface area (Å²) in [6, 6.07) is 9.31. The molecule has 0 atom stereocenters. The van der Waals surface area contributed by atoms with Gasteiger partial charge in [-0.2, -0.15) is 0 Å². The molecule has 0 heterocycles. The summed E-state index contributed by atoms with van der Waals surface area (Å²) >= 11 is 6.50. The second-order valence-electron chi connectivity index (χ2n) is 3.78. The van der Waals surface area contributed by atoms with Crippen LogP contribution in [-0.4, -0.2) is 12.9 Å². The Morgan fingerprint density at radius 2 is 1.89 bits per heavy atom. The Morgan fingerprint density at radius 3 is 2.47 bits per heavy atom. The summed E-state index contributed by atoms with van der Waals surface area (Å²) in [6.07, 6.45) is 0. The summed E-state index contributed by atoms with van der Waals surface area (Å²) in [4.78, 5) is 12.3. The Balaban J connectivity index is 2.48. The molecular formula is C14H9Br2FO2. The zero-order valence-corrected chi connectivity index (χ0v) is 13.1. The fourth-order valence-corrected chi connectivity index (χ4v) is 2.73. The molecule has 0 bridgehead atoms. The molecule has 0 aliphatic heterocycles. The van der Waals surface area contributed by atoms with Crippen LogP contribution < -0.4 is 4.74 Å². The third kappa shape index (κ3) is 2.87. The molecule has 0 spiro atoms. The molecule has 0 amide bonds. The number of benzene rings is 2. The maximum Gasteiger partial charge on any atom is 0.197 e. The van der Waals surface area contributed by atoms with Crippen molar-refractivity contribution in [1.29, 1.82) is 0 Å². The number of ether oxygens (including phenoxy) is 1. The van der Waals surface area contributed by atoms with Crippen molar-refractivity contribution in [3.05, 3.63) is 62.3 Å². The van der Waals surface area contributed by atoms with Crippen LogP contribution in [-0.2, 0) is 0 Å². The largest absolute Gasteiger partial charge is 0.496 e. The summed E-state index contributed by atoms with van der Waals surface area (Å²) in [5.74, 6) is -0.316. The van der Waals surface area contributed by atoms with Crippen molar-refractivity contribution in [2.75, 3.05) is 7.11 Å². The van der Waals surface area contributed by atoms with Gasteiger partial charge in [-0.25, -0.2) is 4.39 Å². The molecule has 2 aromatic carbocycles. The van der Waals surface area contributed by atoms with Crippen LogP contribution in [0.1, 0.15) is 15.9 Å². The molecule has 0 aromatic heterocycles.